The fourth-order valence-electron chi connectivity index (χ4n) is 7.16. The molecule has 0 unspecified atom stereocenters. The van der Waals surface area contributed by atoms with Gasteiger partial charge < -0.3 is 14.7 Å². The van der Waals surface area contributed by atoms with Crippen molar-refractivity contribution in [1.82, 2.24) is 15.0 Å². The number of carbonyl (C=O) groups is 6. The summed E-state index contributed by atoms with van der Waals surface area (Å²) in [6, 6.07) is 24.4. The Kier molecular flexibility index (Phi) is 20.2. The zero-order chi connectivity index (χ0) is 48.3. The van der Waals surface area contributed by atoms with E-state index in [0.717, 1.165) is 33.8 Å². The number of hydrogen-bond acceptors (Lipinski definition) is 12. The Labute approximate surface area is 390 Å². The molecular formula is C54H66N6O6. The summed E-state index contributed by atoms with van der Waals surface area (Å²) in [5.74, 6) is -1.66. The van der Waals surface area contributed by atoms with E-state index in [1.807, 2.05) is 93.6 Å². The average Bonchev–Trinajstić information content (AvgIpc) is 3.29. The molecule has 0 N–H and O–H groups in total. The first-order valence-corrected chi connectivity index (χ1v) is 22.9. The predicted molar refractivity (Wildman–Crippen MR) is 264 cm³/mol. The third kappa shape index (κ3) is 15.8. The van der Waals surface area contributed by atoms with E-state index in [2.05, 4.69) is 34.4 Å². The molecule has 0 radical (unpaired) electrons. The van der Waals surface area contributed by atoms with Gasteiger partial charge in [-0.1, -0.05) is 92.1 Å². The van der Waals surface area contributed by atoms with Crippen LogP contribution in [0.15, 0.2) is 109 Å². The van der Waals surface area contributed by atoms with E-state index < -0.39 is 34.7 Å². The topological polar surface area (TPSA) is 151 Å². The highest BCUT2D eigenvalue weighted by molar-refractivity contribution is 6.44. The van der Waals surface area contributed by atoms with Crippen LogP contribution in [0.2, 0.25) is 0 Å². The molecule has 0 aliphatic carbocycles. The average molecular weight is 895 g/mol. The fourth-order valence-corrected chi connectivity index (χ4v) is 7.16. The molecule has 0 bridgehead atoms. The van der Waals surface area contributed by atoms with Crippen LogP contribution in [0.5, 0.6) is 0 Å². The number of benzene rings is 3. The summed E-state index contributed by atoms with van der Waals surface area (Å²) < 4.78 is 0. The molecule has 0 saturated heterocycles. The van der Waals surface area contributed by atoms with Gasteiger partial charge in [0.25, 0.3) is 0 Å². The van der Waals surface area contributed by atoms with E-state index >= 15 is 0 Å². The molecule has 0 saturated carbocycles. The Morgan fingerprint density at radius 2 is 0.606 bits per heavy atom. The van der Waals surface area contributed by atoms with E-state index in [0.29, 0.717) is 95.3 Å². The first-order valence-electron chi connectivity index (χ1n) is 22.9. The summed E-state index contributed by atoms with van der Waals surface area (Å²) in [4.78, 5) is 96.0. The number of Topliss-reactive ketones (excluding diaryl/α,β-unsaturated/α-hetero) is 6. The van der Waals surface area contributed by atoms with Gasteiger partial charge >= 0.3 is 0 Å². The van der Waals surface area contributed by atoms with Crippen LogP contribution in [0.3, 0.4) is 0 Å². The highest BCUT2D eigenvalue weighted by atomic mass is 16.2. The molecule has 4 aromatic rings. The Morgan fingerprint density at radius 3 is 0.818 bits per heavy atom. The molecule has 0 aliphatic heterocycles. The van der Waals surface area contributed by atoms with Gasteiger partial charge in [0.15, 0.2) is 0 Å². The van der Waals surface area contributed by atoms with E-state index in [4.69, 9.17) is 15.0 Å². The minimum absolute atomic E-state index is 0.143. The Hall–Kier alpha value is -6.69. The van der Waals surface area contributed by atoms with Crippen molar-refractivity contribution in [3.05, 3.63) is 126 Å². The summed E-state index contributed by atoms with van der Waals surface area (Å²) in [6.45, 7) is 23.1. The summed E-state index contributed by atoms with van der Waals surface area (Å²) in [7, 11) is 0. The van der Waals surface area contributed by atoms with Gasteiger partial charge in [0, 0.05) is 56.0 Å². The standard InChI is InChI=1S/C54H66N6O6/c1-37(2)49(64)46(61)19-13-10-16-34-58(43-28-22-40(7)23-29-43)52-55-53(59(44-30-24-41(8)25-31-44)35-17-11-14-20-47(62)50(65)38(3)4)57-54(56-52)60(45-32-26-42(9)27-33-45)36-18-12-15-21-48(63)51(66)39(5)6/h22-33H,1,3,5,10-21,34-36H2,2,4,6-9H3. The third-order valence-corrected chi connectivity index (χ3v) is 11.1. The van der Waals surface area contributed by atoms with Gasteiger partial charge in [0.1, 0.15) is 0 Å². The Morgan fingerprint density at radius 1 is 0.379 bits per heavy atom. The predicted octanol–water partition coefficient (Wildman–Crippen LogP) is 11.0. The van der Waals surface area contributed by atoms with Gasteiger partial charge in [-0.15, -0.1) is 0 Å². The number of aromatic nitrogens is 3. The van der Waals surface area contributed by atoms with Crippen LogP contribution in [0.4, 0.5) is 34.9 Å². The third-order valence-electron chi connectivity index (χ3n) is 11.1. The molecule has 12 nitrogen and oxygen atoms in total. The van der Waals surface area contributed by atoms with E-state index in [1.165, 1.54) is 0 Å². The maximum Gasteiger partial charge on any atom is 0.236 e. The van der Waals surface area contributed by atoms with Crippen molar-refractivity contribution in [2.75, 3.05) is 34.3 Å². The molecular weight excluding hydrogens is 829 g/mol. The van der Waals surface area contributed by atoms with Crippen molar-refractivity contribution in [2.45, 2.75) is 119 Å². The van der Waals surface area contributed by atoms with Crippen molar-refractivity contribution in [1.29, 1.82) is 0 Å². The number of allylic oxidation sites excluding steroid dienone is 3. The maximum absolute atomic E-state index is 12.5. The molecule has 0 spiro atoms. The highest BCUT2D eigenvalue weighted by Crippen LogP contribution is 2.33. The first-order chi connectivity index (χ1) is 31.5. The van der Waals surface area contributed by atoms with Crippen molar-refractivity contribution in [3.8, 4) is 0 Å². The van der Waals surface area contributed by atoms with E-state index in [1.54, 1.807) is 20.8 Å². The second-order valence-electron chi connectivity index (χ2n) is 17.2. The van der Waals surface area contributed by atoms with Crippen molar-refractivity contribution in [3.63, 3.8) is 0 Å². The molecule has 1 heterocycles. The van der Waals surface area contributed by atoms with Crippen molar-refractivity contribution >= 4 is 69.6 Å². The normalized spacial score (nSPS) is 10.8. The van der Waals surface area contributed by atoms with Crippen LogP contribution in [0.1, 0.15) is 115 Å². The second kappa shape index (κ2) is 25.7. The number of unbranched alkanes of at least 4 members (excludes halogenated alkanes) is 6. The van der Waals surface area contributed by atoms with Crippen LogP contribution in [-0.4, -0.2) is 69.3 Å². The lowest BCUT2D eigenvalue weighted by Gasteiger charge is -2.30. The molecule has 3 aromatic carbocycles. The number of ketones is 6. The maximum atomic E-state index is 12.5. The van der Waals surface area contributed by atoms with Gasteiger partial charge in [-0.2, -0.15) is 15.0 Å². The number of rotatable bonds is 30. The van der Waals surface area contributed by atoms with Crippen molar-refractivity contribution < 1.29 is 28.8 Å². The zero-order valence-electron chi connectivity index (χ0n) is 39.8. The monoisotopic (exact) mass is 895 g/mol. The summed E-state index contributed by atoms with van der Waals surface area (Å²) in [5, 5.41) is 0. The smallest absolute Gasteiger partial charge is 0.236 e. The number of aryl methyl sites for hydroxylation is 3. The summed E-state index contributed by atoms with van der Waals surface area (Å²) >= 11 is 0. The van der Waals surface area contributed by atoms with Gasteiger partial charge in [-0.3, -0.25) is 28.8 Å². The van der Waals surface area contributed by atoms with Gasteiger partial charge in [-0.25, -0.2) is 0 Å². The van der Waals surface area contributed by atoms with Gasteiger partial charge in [0.2, 0.25) is 52.5 Å². The molecule has 348 valence electrons. The lowest BCUT2D eigenvalue weighted by Crippen LogP contribution is -2.28. The van der Waals surface area contributed by atoms with Crippen LogP contribution < -0.4 is 14.7 Å². The number of anilines is 6. The fraction of sp³-hybridized carbons (Fsp3) is 0.389. The lowest BCUT2D eigenvalue weighted by molar-refractivity contribution is -0.134. The van der Waals surface area contributed by atoms with Crippen LogP contribution in [-0.2, 0) is 28.8 Å². The Balaban J connectivity index is 1.80. The van der Waals surface area contributed by atoms with Crippen LogP contribution in [0.25, 0.3) is 0 Å². The Bertz CT molecular complexity index is 2110. The number of carbonyl (C=O) groups excluding carboxylic acids is 6. The number of hydrogen-bond donors (Lipinski definition) is 0. The molecule has 66 heavy (non-hydrogen) atoms. The summed E-state index contributed by atoms with van der Waals surface area (Å²) in [6.07, 6.45) is 6.07. The van der Waals surface area contributed by atoms with E-state index in [9.17, 15) is 28.8 Å². The molecule has 1 aromatic heterocycles. The second-order valence-corrected chi connectivity index (χ2v) is 17.2. The quantitative estimate of drug-likeness (QED) is 0.0278. The SMILES string of the molecule is C=C(C)C(=O)C(=O)CCCCCN(c1ccc(C)cc1)c1nc(N(CCCCCC(=O)C(=O)C(=C)C)c2ccc(C)cc2)nc(N(CCCCCC(=O)C(=O)C(=C)C)c2ccc(C)cc2)n1. The molecule has 0 aliphatic rings. The van der Waals surface area contributed by atoms with Crippen LogP contribution >= 0.6 is 0 Å². The zero-order valence-corrected chi connectivity index (χ0v) is 39.8. The molecule has 4 rings (SSSR count). The lowest BCUT2D eigenvalue weighted by atomic mass is 10.0. The van der Waals surface area contributed by atoms with Gasteiger partial charge in [0.05, 0.1) is 0 Å². The first kappa shape index (κ1) is 51.9. The summed E-state index contributed by atoms with van der Waals surface area (Å²) in [5.41, 5.74) is 6.57. The largest absolute Gasteiger partial charge is 0.310 e. The highest BCUT2D eigenvalue weighted by Gasteiger charge is 2.24. The van der Waals surface area contributed by atoms with Crippen LogP contribution in [0, 0.1) is 20.8 Å². The minimum Gasteiger partial charge on any atom is -0.310 e. The minimum atomic E-state index is -0.532. The molecule has 0 fully saturated rings. The van der Waals surface area contributed by atoms with Crippen molar-refractivity contribution in [2.24, 2.45) is 0 Å². The van der Waals surface area contributed by atoms with E-state index in [-0.39, 0.29) is 36.0 Å². The van der Waals surface area contributed by atoms with Gasteiger partial charge in [-0.05, 0) is 133 Å². The molecule has 0 atom stereocenters. The molecule has 0 amide bonds. The number of nitrogens with zero attached hydrogens (tertiary/aromatic N) is 6. The molecule has 12 heteroatoms.